The van der Waals surface area contributed by atoms with Gasteiger partial charge in [-0.3, -0.25) is 4.79 Å². The summed E-state index contributed by atoms with van der Waals surface area (Å²) in [5.41, 5.74) is 0.770. The number of hydrogen-bond acceptors (Lipinski definition) is 5. The molecular weight excluding hydrogens is 463 g/mol. The Kier molecular flexibility index (Phi) is 7.73. The summed E-state index contributed by atoms with van der Waals surface area (Å²) in [7, 11) is 1.22. The van der Waals surface area contributed by atoms with Gasteiger partial charge in [-0.15, -0.1) is 0 Å². The Hall–Kier alpha value is -3.26. The Balaban J connectivity index is 1.59. The summed E-state index contributed by atoms with van der Waals surface area (Å²) in [5, 5.41) is 2.94. The summed E-state index contributed by atoms with van der Waals surface area (Å²) >= 11 is 0. The molecule has 192 valence electrons. The molecule has 36 heavy (non-hydrogen) atoms. The first kappa shape index (κ1) is 25.8. The number of nitrogens with zero attached hydrogens (tertiary/aromatic N) is 1. The van der Waals surface area contributed by atoms with Gasteiger partial charge in [-0.25, -0.2) is 14.0 Å². The lowest BCUT2D eigenvalue weighted by Gasteiger charge is -2.57. The van der Waals surface area contributed by atoms with Crippen LogP contribution in [0.25, 0.3) is 0 Å². The molecule has 8 heteroatoms. The highest BCUT2D eigenvalue weighted by atomic mass is 19.1. The van der Waals surface area contributed by atoms with Gasteiger partial charge in [0.25, 0.3) is 5.91 Å². The van der Waals surface area contributed by atoms with Gasteiger partial charge in [0, 0.05) is 12.8 Å². The molecule has 2 aromatic rings. The summed E-state index contributed by atoms with van der Waals surface area (Å²) in [5.74, 6) is -1.87. The number of methoxy groups -OCH3 is 1. The van der Waals surface area contributed by atoms with E-state index in [9.17, 15) is 18.8 Å². The number of amides is 1. The number of likely N-dealkylation sites (tertiary alicyclic amines) is 1. The Morgan fingerprint density at radius 3 is 2.33 bits per heavy atom. The van der Waals surface area contributed by atoms with E-state index in [1.54, 1.807) is 6.92 Å². The number of aryl methyl sites for hydroxylation is 1. The predicted octanol–water partition coefficient (Wildman–Crippen LogP) is 4.53. The van der Waals surface area contributed by atoms with Crippen molar-refractivity contribution in [2.75, 3.05) is 32.1 Å². The molecule has 0 spiro atoms. The molecule has 0 unspecified atom stereocenters. The number of quaternary nitrogens is 1. The predicted molar refractivity (Wildman–Crippen MR) is 133 cm³/mol. The van der Waals surface area contributed by atoms with Gasteiger partial charge in [0.15, 0.2) is 12.1 Å². The fraction of sp³-hybridized carbons (Fsp3) is 0.464. The zero-order valence-electron chi connectivity index (χ0n) is 21.0. The third kappa shape index (κ3) is 5.00. The van der Waals surface area contributed by atoms with Crippen LogP contribution >= 0.6 is 0 Å². The van der Waals surface area contributed by atoms with Gasteiger partial charge in [-0.1, -0.05) is 30.3 Å². The molecule has 0 radical (unpaired) electrons. The molecule has 2 aromatic carbocycles. The average Bonchev–Trinajstić information content (AvgIpc) is 2.84. The van der Waals surface area contributed by atoms with Crippen LogP contribution in [0.5, 0.6) is 0 Å². The molecular formula is C28H34FN2O5+. The van der Waals surface area contributed by atoms with E-state index < -0.39 is 17.3 Å². The normalized spacial score (nSPS) is 18.0. The van der Waals surface area contributed by atoms with Gasteiger partial charge in [0.2, 0.25) is 0 Å². The summed E-state index contributed by atoms with van der Waals surface area (Å²) < 4.78 is 24.9. The molecule has 1 aliphatic carbocycles. The number of carbonyl (C=O) groups excluding carboxylic acids is 3. The van der Waals surface area contributed by atoms with E-state index in [0.29, 0.717) is 36.0 Å². The number of benzene rings is 2. The number of rotatable bonds is 8. The second kappa shape index (κ2) is 10.8. The highest BCUT2D eigenvalue weighted by molar-refractivity contribution is 6.05. The molecule has 2 aliphatic rings. The van der Waals surface area contributed by atoms with Crippen LogP contribution in [-0.4, -0.2) is 54.6 Å². The van der Waals surface area contributed by atoms with Crippen molar-refractivity contribution in [2.24, 2.45) is 0 Å². The van der Waals surface area contributed by atoms with Crippen LogP contribution in [0.1, 0.15) is 60.0 Å². The summed E-state index contributed by atoms with van der Waals surface area (Å²) in [6, 6.07) is 11.9. The summed E-state index contributed by atoms with van der Waals surface area (Å²) in [6.07, 6.45) is 5.05. The van der Waals surface area contributed by atoms with E-state index in [1.165, 1.54) is 13.2 Å². The lowest BCUT2D eigenvalue weighted by atomic mass is 9.71. The fourth-order valence-electron chi connectivity index (χ4n) is 5.72. The smallest absolute Gasteiger partial charge is 0.362 e. The van der Waals surface area contributed by atoms with Gasteiger partial charge in [-0.05, 0) is 55.9 Å². The lowest BCUT2D eigenvalue weighted by molar-refractivity contribution is -0.970. The van der Waals surface area contributed by atoms with Crippen molar-refractivity contribution >= 4 is 23.5 Å². The number of carbonyl (C=O) groups is 3. The SMILES string of the molecule is COC(=O)c1cc(F)cc(C)c1NC(=O)C1([N+]2(CC(=O)OCc3ccccc3)CCCCC2)CCC1. The number of nitrogens with one attached hydrogen (secondary N) is 1. The Morgan fingerprint density at radius 1 is 1.03 bits per heavy atom. The Bertz CT molecular complexity index is 1120. The lowest BCUT2D eigenvalue weighted by Crippen LogP contribution is -2.74. The van der Waals surface area contributed by atoms with Crippen molar-refractivity contribution in [3.8, 4) is 0 Å². The molecule has 0 aromatic heterocycles. The van der Waals surface area contributed by atoms with E-state index in [0.717, 1.165) is 37.3 Å². The minimum Gasteiger partial charge on any atom is -0.465 e. The second-order valence-electron chi connectivity index (χ2n) is 9.93. The van der Waals surface area contributed by atoms with Crippen molar-refractivity contribution in [2.45, 2.75) is 57.6 Å². The number of ether oxygens (including phenoxy) is 2. The zero-order chi connectivity index (χ0) is 25.8. The van der Waals surface area contributed by atoms with Crippen LogP contribution in [-0.2, 0) is 25.7 Å². The molecule has 7 nitrogen and oxygen atoms in total. The molecule has 1 saturated heterocycles. The van der Waals surface area contributed by atoms with E-state index >= 15 is 0 Å². The minimum absolute atomic E-state index is 0.0229. The second-order valence-corrected chi connectivity index (χ2v) is 9.93. The van der Waals surface area contributed by atoms with Crippen LogP contribution in [0.3, 0.4) is 0 Å². The minimum atomic E-state index is -0.805. The van der Waals surface area contributed by atoms with Crippen molar-refractivity contribution < 1.29 is 32.7 Å². The van der Waals surface area contributed by atoms with Crippen LogP contribution in [0.2, 0.25) is 0 Å². The molecule has 1 saturated carbocycles. The van der Waals surface area contributed by atoms with Crippen LogP contribution in [0.4, 0.5) is 10.1 Å². The van der Waals surface area contributed by atoms with Crippen molar-refractivity contribution in [3.05, 3.63) is 65.0 Å². The molecule has 1 amide bonds. The molecule has 4 rings (SSSR count). The maximum atomic E-state index is 14.1. The van der Waals surface area contributed by atoms with Gasteiger partial charge in [-0.2, -0.15) is 0 Å². The standard InChI is InChI=1S/C28H33FN2O5/c1-20-16-22(29)17-23(26(33)35-2)25(20)30-27(34)28(12-9-13-28)31(14-7-4-8-15-31)18-24(32)36-19-21-10-5-3-6-11-21/h3,5-6,10-11,16-17H,4,7-9,12-15,18-19H2,1-2H3/p+1. The van der Waals surface area contributed by atoms with Gasteiger partial charge >= 0.3 is 11.9 Å². The molecule has 2 fully saturated rings. The van der Waals surface area contributed by atoms with E-state index in [2.05, 4.69) is 5.32 Å². The first-order valence-electron chi connectivity index (χ1n) is 12.6. The van der Waals surface area contributed by atoms with Crippen molar-refractivity contribution in [1.82, 2.24) is 0 Å². The van der Waals surface area contributed by atoms with E-state index in [4.69, 9.17) is 9.47 Å². The van der Waals surface area contributed by atoms with Gasteiger partial charge < -0.3 is 19.3 Å². The van der Waals surface area contributed by atoms with Crippen molar-refractivity contribution in [3.63, 3.8) is 0 Å². The monoisotopic (exact) mass is 497 g/mol. The zero-order valence-corrected chi connectivity index (χ0v) is 21.0. The number of esters is 2. The quantitative estimate of drug-likeness (QED) is 0.428. The van der Waals surface area contributed by atoms with Crippen LogP contribution in [0.15, 0.2) is 42.5 Å². The third-order valence-electron chi connectivity index (χ3n) is 7.80. The molecule has 1 N–H and O–H groups in total. The Labute approximate surface area is 211 Å². The molecule has 1 heterocycles. The topological polar surface area (TPSA) is 81.7 Å². The number of piperidine rings is 1. The molecule has 0 atom stereocenters. The average molecular weight is 498 g/mol. The molecule has 1 aliphatic heterocycles. The first-order valence-corrected chi connectivity index (χ1v) is 12.6. The number of anilines is 1. The highest BCUT2D eigenvalue weighted by Crippen LogP contribution is 2.46. The van der Waals surface area contributed by atoms with Crippen LogP contribution in [0, 0.1) is 12.7 Å². The highest BCUT2D eigenvalue weighted by Gasteiger charge is 2.61. The van der Waals surface area contributed by atoms with E-state index in [1.807, 2.05) is 30.3 Å². The Morgan fingerprint density at radius 2 is 1.72 bits per heavy atom. The first-order chi connectivity index (χ1) is 17.3. The largest absolute Gasteiger partial charge is 0.465 e. The number of hydrogen-bond donors (Lipinski definition) is 1. The molecule has 0 bridgehead atoms. The van der Waals surface area contributed by atoms with Gasteiger partial charge in [0.1, 0.15) is 12.4 Å². The maximum Gasteiger partial charge on any atom is 0.362 e. The number of halogens is 1. The maximum absolute atomic E-state index is 14.1. The van der Waals surface area contributed by atoms with Gasteiger partial charge in [0.05, 0.1) is 31.5 Å². The third-order valence-corrected chi connectivity index (χ3v) is 7.80. The van der Waals surface area contributed by atoms with Crippen molar-refractivity contribution in [1.29, 1.82) is 0 Å². The van der Waals surface area contributed by atoms with E-state index in [-0.39, 0.29) is 36.3 Å². The summed E-state index contributed by atoms with van der Waals surface area (Å²) in [6.45, 7) is 3.37. The van der Waals surface area contributed by atoms with Crippen LogP contribution < -0.4 is 5.32 Å². The fourth-order valence-corrected chi connectivity index (χ4v) is 5.72. The summed E-state index contributed by atoms with van der Waals surface area (Å²) in [4.78, 5) is 39.4.